The van der Waals surface area contributed by atoms with Gasteiger partial charge in [0, 0.05) is 24.2 Å². The molecule has 1 saturated carbocycles. The third-order valence-electron chi connectivity index (χ3n) is 4.66. The molecule has 2 aliphatic heterocycles. The Labute approximate surface area is 133 Å². The van der Waals surface area contributed by atoms with Crippen molar-refractivity contribution in [3.05, 3.63) is 22.7 Å². The molecule has 7 heteroatoms. The van der Waals surface area contributed by atoms with Crippen LogP contribution in [0.25, 0.3) is 0 Å². The van der Waals surface area contributed by atoms with Crippen LogP contribution < -0.4 is 25.6 Å². The van der Waals surface area contributed by atoms with E-state index >= 15 is 0 Å². The SMILES string of the molecule is O=C(NC1CCC2NNCC2C1)c1cc(Cl)c2c(c1)OCO2. The molecule has 1 aromatic carbocycles. The number of rotatable bonds is 2. The fourth-order valence-electron chi connectivity index (χ4n) is 3.50. The maximum atomic E-state index is 12.5. The monoisotopic (exact) mass is 323 g/mol. The Morgan fingerprint density at radius 1 is 1.32 bits per heavy atom. The topological polar surface area (TPSA) is 71.6 Å². The first-order chi connectivity index (χ1) is 10.7. The number of nitrogens with one attached hydrogen (secondary N) is 3. The summed E-state index contributed by atoms with van der Waals surface area (Å²) in [5.74, 6) is 1.52. The van der Waals surface area contributed by atoms with Gasteiger partial charge in [-0.25, -0.2) is 0 Å². The lowest BCUT2D eigenvalue weighted by molar-refractivity contribution is 0.0918. The number of amides is 1. The Hall–Kier alpha value is -1.50. The van der Waals surface area contributed by atoms with Crippen molar-refractivity contribution in [1.29, 1.82) is 0 Å². The molecule has 3 atom stereocenters. The minimum atomic E-state index is -0.109. The van der Waals surface area contributed by atoms with Gasteiger partial charge in [0.2, 0.25) is 6.79 Å². The zero-order chi connectivity index (χ0) is 15.1. The number of carbonyl (C=O) groups is 1. The van der Waals surface area contributed by atoms with E-state index in [9.17, 15) is 4.79 Å². The normalized spacial score (nSPS) is 29.2. The highest BCUT2D eigenvalue weighted by Gasteiger charge is 2.34. The summed E-state index contributed by atoms with van der Waals surface area (Å²) < 4.78 is 10.6. The molecule has 0 bridgehead atoms. The molecule has 0 aromatic heterocycles. The molecule has 0 radical (unpaired) electrons. The summed E-state index contributed by atoms with van der Waals surface area (Å²) in [5, 5.41) is 3.53. The molecular weight excluding hydrogens is 306 g/mol. The molecule has 4 rings (SSSR count). The quantitative estimate of drug-likeness (QED) is 0.768. The standard InChI is InChI=1S/C15H18ClN3O3/c16-11-4-8(5-13-14(11)22-7-21-13)15(20)18-10-1-2-12-9(3-10)6-17-19-12/h4-5,9-10,12,17,19H,1-3,6-7H2,(H,18,20). The highest BCUT2D eigenvalue weighted by atomic mass is 35.5. The van der Waals surface area contributed by atoms with Crippen molar-refractivity contribution < 1.29 is 14.3 Å². The summed E-state index contributed by atoms with van der Waals surface area (Å²) >= 11 is 6.13. The second-order valence-electron chi connectivity index (χ2n) is 6.07. The van der Waals surface area contributed by atoms with Crippen molar-refractivity contribution in [2.75, 3.05) is 13.3 Å². The van der Waals surface area contributed by atoms with Crippen molar-refractivity contribution in [1.82, 2.24) is 16.2 Å². The third kappa shape index (κ3) is 2.51. The number of hydrogen-bond donors (Lipinski definition) is 3. The predicted octanol–water partition coefficient (Wildman–Crippen LogP) is 1.44. The lowest BCUT2D eigenvalue weighted by Crippen LogP contribution is -2.44. The Kier molecular flexibility index (Phi) is 3.60. The molecule has 22 heavy (non-hydrogen) atoms. The maximum Gasteiger partial charge on any atom is 0.251 e. The predicted molar refractivity (Wildman–Crippen MR) is 81.1 cm³/mol. The molecule has 3 unspecified atom stereocenters. The molecule has 3 N–H and O–H groups in total. The molecule has 2 fully saturated rings. The van der Waals surface area contributed by atoms with Crippen molar-refractivity contribution in [3.8, 4) is 11.5 Å². The lowest BCUT2D eigenvalue weighted by Gasteiger charge is -2.31. The van der Waals surface area contributed by atoms with Crippen LogP contribution in [0.2, 0.25) is 5.02 Å². The fraction of sp³-hybridized carbons (Fsp3) is 0.533. The smallest absolute Gasteiger partial charge is 0.251 e. The van der Waals surface area contributed by atoms with Gasteiger partial charge in [-0.1, -0.05) is 11.6 Å². The highest BCUT2D eigenvalue weighted by Crippen LogP contribution is 2.39. The lowest BCUT2D eigenvalue weighted by atomic mass is 9.83. The number of carbonyl (C=O) groups excluding carboxylic acids is 1. The van der Waals surface area contributed by atoms with E-state index in [0.29, 0.717) is 34.0 Å². The van der Waals surface area contributed by atoms with Crippen molar-refractivity contribution in [2.24, 2.45) is 5.92 Å². The van der Waals surface area contributed by atoms with Crippen LogP contribution in [0.4, 0.5) is 0 Å². The van der Waals surface area contributed by atoms with E-state index in [2.05, 4.69) is 16.2 Å². The van der Waals surface area contributed by atoms with Gasteiger partial charge in [0.15, 0.2) is 11.5 Å². The summed E-state index contributed by atoms with van der Waals surface area (Å²) in [6.45, 7) is 1.11. The number of hydrazine groups is 1. The number of hydrogen-bond acceptors (Lipinski definition) is 5. The van der Waals surface area contributed by atoms with Gasteiger partial charge in [0.05, 0.1) is 5.02 Å². The van der Waals surface area contributed by atoms with Crippen LogP contribution in [0.1, 0.15) is 29.6 Å². The Balaban J connectivity index is 1.45. The highest BCUT2D eigenvalue weighted by molar-refractivity contribution is 6.32. The van der Waals surface area contributed by atoms with Gasteiger partial charge in [-0.3, -0.25) is 15.6 Å². The zero-order valence-electron chi connectivity index (χ0n) is 12.0. The van der Waals surface area contributed by atoms with E-state index in [-0.39, 0.29) is 18.7 Å². The number of fused-ring (bicyclic) bond motifs is 2. The summed E-state index contributed by atoms with van der Waals surface area (Å²) in [6, 6.07) is 4.07. The first kappa shape index (κ1) is 14.1. The minimum absolute atomic E-state index is 0.109. The molecule has 1 amide bonds. The Bertz CT molecular complexity index is 610. The van der Waals surface area contributed by atoms with Gasteiger partial charge in [0.1, 0.15) is 0 Å². The average molecular weight is 324 g/mol. The first-order valence-corrected chi connectivity index (χ1v) is 7.97. The van der Waals surface area contributed by atoms with Gasteiger partial charge < -0.3 is 14.8 Å². The fourth-order valence-corrected chi connectivity index (χ4v) is 3.76. The van der Waals surface area contributed by atoms with E-state index in [0.717, 1.165) is 25.8 Å². The van der Waals surface area contributed by atoms with Crippen LogP contribution in [0.15, 0.2) is 12.1 Å². The molecule has 3 aliphatic rings. The second-order valence-corrected chi connectivity index (χ2v) is 6.47. The van der Waals surface area contributed by atoms with Gasteiger partial charge >= 0.3 is 0 Å². The largest absolute Gasteiger partial charge is 0.454 e. The maximum absolute atomic E-state index is 12.5. The molecular formula is C15H18ClN3O3. The van der Waals surface area contributed by atoms with Crippen molar-refractivity contribution in [3.63, 3.8) is 0 Å². The number of ether oxygens (including phenoxy) is 2. The van der Waals surface area contributed by atoms with E-state index in [1.54, 1.807) is 12.1 Å². The Morgan fingerprint density at radius 2 is 2.23 bits per heavy atom. The van der Waals surface area contributed by atoms with E-state index in [1.807, 2.05) is 0 Å². The van der Waals surface area contributed by atoms with Crippen molar-refractivity contribution in [2.45, 2.75) is 31.3 Å². The van der Waals surface area contributed by atoms with Crippen LogP contribution in [0.3, 0.4) is 0 Å². The van der Waals surface area contributed by atoms with Gasteiger partial charge in [-0.15, -0.1) is 0 Å². The number of benzene rings is 1. The zero-order valence-corrected chi connectivity index (χ0v) is 12.8. The third-order valence-corrected chi connectivity index (χ3v) is 4.94. The molecule has 1 saturated heterocycles. The van der Waals surface area contributed by atoms with E-state index in [4.69, 9.17) is 21.1 Å². The first-order valence-electron chi connectivity index (χ1n) is 7.59. The molecule has 1 aromatic rings. The molecule has 2 heterocycles. The van der Waals surface area contributed by atoms with Gasteiger partial charge in [0.25, 0.3) is 5.91 Å². The van der Waals surface area contributed by atoms with Crippen LogP contribution in [0, 0.1) is 5.92 Å². The second kappa shape index (κ2) is 5.61. The van der Waals surface area contributed by atoms with E-state index < -0.39 is 0 Å². The Morgan fingerprint density at radius 3 is 3.14 bits per heavy atom. The van der Waals surface area contributed by atoms with Crippen LogP contribution in [-0.4, -0.2) is 31.3 Å². The summed E-state index contributed by atoms with van der Waals surface area (Å²) in [7, 11) is 0. The van der Waals surface area contributed by atoms with E-state index in [1.165, 1.54) is 0 Å². The summed E-state index contributed by atoms with van der Waals surface area (Å²) in [5.41, 5.74) is 7.00. The molecule has 1 aliphatic carbocycles. The van der Waals surface area contributed by atoms with Crippen LogP contribution >= 0.6 is 11.6 Å². The number of halogens is 1. The molecule has 0 spiro atoms. The van der Waals surface area contributed by atoms with Gasteiger partial charge in [-0.05, 0) is 37.3 Å². The van der Waals surface area contributed by atoms with Crippen LogP contribution in [0.5, 0.6) is 11.5 Å². The minimum Gasteiger partial charge on any atom is -0.454 e. The molecule has 6 nitrogen and oxygen atoms in total. The molecule has 118 valence electrons. The average Bonchev–Trinajstić information content (AvgIpc) is 3.15. The summed E-state index contributed by atoms with van der Waals surface area (Å²) in [6.07, 6.45) is 3.05. The summed E-state index contributed by atoms with van der Waals surface area (Å²) in [4.78, 5) is 12.5. The van der Waals surface area contributed by atoms with Crippen molar-refractivity contribution >= 4 is 17.5 Å². The van der Waals surface area contributed by atoms with Gasteiger partial charge in [-0.2, -0.15) is 0 Å². The van der Waals surface area contributed by atoms with Crippen LogP contribution in [-0.2, 0) is 0 Å².